The molecule has 2 N–H and O–H groups in total. The Morgan fingerprint density at radius 2 is 1.89 bits per heavy atom. The van der Waals surface area contributed by atoms with Gasteiger partial charge in [0.1, 0.15) is 10.6 Å². The standard InChI is InChI=1S/C11H10N2O4S/c1-12-13-10-9(18(15,16)17)6-7-4-2-3-5-8(7)11(10)14/h2-6,14H,1H3,(H,15,16,17). The smallest absolute Gasteiger partial charge is 0.296 e. The minimum absolute atomic E-state index is 0.265. The normalized spacial score (nSPS) is 12.3. The third kappa shape index (κ3) is 2.05. The molecule has 0 amide bonds. The van der Waals surface area contributed by atoms with Crippen molar-refractivity contribution in [3.05, 3.63) is 30.3 Å². The molecule has 0 aromatic heterocycles. The third-order valence-electron chi connectivity index (χ3n) is 2.44. The van der Waals surface area contributed by atoms with Gasteiger partial charge in [0, 0.05) is 12.4 Å². The lowest BCUT2D eigenvalue weighted by Gasteiger charge is -2.07. The summed E-state index contributed by atoms with van der Waals surface area (Å²) in [5.41, 5.74) is -0.265. The van der Waals surface area contributed by atoms with E-state index in [-0.39, 0.29) is 11.4 Å². The van der Waals surface area contributed by atoms with Crippen LogP contribution in [0, 0.1) is 0 Å². The maximum atomic E-state index is 11.3. The Morgan fingerprint density at radius 3 is 2.50 bits per heavy atom. The van der Waals surface area contributed by atoms with Crippen molar-refractivity contribution in [3.8, 4) is 5.75 Å². The molecule has 2 aromatic rings. The number of phenols is 1. The lowest BCUT2D eigenvalue weighted by atomic mass is 10.1. The lowest BCUT2D eigenvalue weighted by Crippen LogP contribution is -1.99. The van der Waals surface area contributed by atoms with Crippen LogP contribution in [-0.2, 0) is 10.1 Å². The number of hydrogen-bond donors (Lipinski definition) is 2. The van der Waals surface area contributed by atoms with Crippen molar-refractivity contribution in [2.24, 2.45) is 10.2 Å². The fourth-order valence-corrected chi connectivity index (χ4v) is 2.34. The largest absolute Gasteiger partial charge is 0.505 e. The van der Waals surface area contributed by atoms with Crippen LogP contribution in [-0.4, -0.2) is 25.1 Å². The van der Waals surface area contributed by atoms with Crippen LogP contribution in [0.15, 0.2) is 45.5 Å². The molecule has 0 radical (unpaired) electrons. The quantitative estimate of drug-likeness (QED) is 0.644. The molecular formula is C11H10N2O4S. The summed E-state index contributed by atoms with van der Waals surface area (Å²) in [6.07, 6.45) is 0. The van der Waals surface area contributed by atoms with Crippen molar-refractivity contribution in [1.82, 2.24) is 0 Å². The fourth-order valence-electron chi connectivity index (χ4n) is 1.69. The molecule has 7 heteroatoms. The van der Waals surface area contributed by atoms with E-state index in [1.165, 1.54) is 13.1 Å². The van der Waals surface area contributed by atoms with Crippen LogP contribution in [0.2, 0.25) is 0 Å². The Hall–Kier alpha value is -1.99. The summed E-state index contributed by atoms with van der Waals surface area (Å²) in [6, 6.07) is 7.87. The molecule has 0 aliphatic rings. The molecule has 18 heavy (non-hydrogen) atoms. The van der Waals surface area contributed by atoms with Crippen LogP contribution in [0.5, 0.6) is 5.75 Å². The van der Waals surface area contributed by atoms with Crippen LogP contribution in [0.3, 0.4) is 0 Å². The molecule has 0 spiro atoms. The molecule has 0 aliphatic carbocycles. The Morgan fingerprint density at radius 1 is 1.22 bits per heavy atom. The molecule has 2 aromatic carbocycles. The van der Waals surface area contributed by atoms with E-state index in [0.717, 1.165) is 0 Å². The summed E-state index contributed by atoms with van der Waals surface area (Å²) in [5, 5.41) is 17.9. The monoisotopic (exact) mass is 266 g/mol. The number of aromatic hydroxyl groups is 1. The molecule has 0 heterocycles. The van der Waals surface area contributed by atoms with Gasteiger partial charge in [0.05, 0.1) is 0 Å². The minimum Gasteiger partial charge on any atom is -0.505 e. The molecule has 0 unspecified atom stereocenters. The predicted octanol–water partition coefficient (Wildman–Crippen LogP) is 2.51. The number of hydrogen-bond acceptors (Lipinski definition) is 5. The number of benzene rings is 2. The van der Waals surface area contributed by atoms with E-state index in [1.54, 1.807) is 24.3 Å². The minimum atomic E-state index is -4.48. The summed E-state index contributed by atoms with van der Waals surface area (Å²) in [5.74, 6) is -0.327. The molecule has 2 rings (SSSR count). The summed E-state index contributed by atoms with van der Waals surface area (Å²) >= 11 is 0. The van der Waals surface area contributed by atoms with Gasteiger partial charge in [-0.3, -0.25) is 4.55 Å². The van der Waals surface area contributed by atoms with E-state index in [4.69, 9.17) is 4.55 Å². The van der Waals surface area contributed by atoms with E-state index in [9.17, 15) is 13.5 Å². The van der Waals surface area contributed by atoms with Crippen LogP contribution < -0.4 is 0 Å². The molecule has 94 valence electrons. The first-order valence-corrected chi connectivity index (χ1v) is 6.41. The van der Waals surface area contributed by atoms with Gasteiger partial charge in [-0.15, -0.1) is 0 Å². The first-order chi connectivity index (χ1) is 8.45. The van der Waals surface area contributed by atoms with E-state index in [1.807, 2.05) is 0 Å². The lowest BCUT2D eigenvalue weighted by molar-refractivity contribution is 0.472. The number of rotatable bonds is 2. The van der Waals surface area contributed by atoms with E-state index in [2.05, 4.69) is 10.2 Å². The van der Waals surface area contributed by atoms with Gasteiger partial charge in [-0.2, -0.15) is 18.6 Å². The first kappa shape index (κ1) is 12.5. The van der Waals surface area contributed by atoms with E-state index in [0.29, 0.717) is 10.8 Å². The van der Waals surface area contributed by atoms with Crippen molar-refractivity contribution >= 4 is 26.6 Å². The highest BCUT2D eigenvalue weighted by Crippen LogP contribution is 2.40. The van der Waals surface area contributed by atoms with Crippen molar-refractivity contribution < 1.29 is 18.1 Å². The SMILES string of the molecule is CN=Nc1c(S(=O)(=O)O)cc2ccccc2c1O. The second-order valence-electron chi connectivity index (χ2n) is 3.57. The first-order valence-electron chi connectivity index (χ1n) is 4.97. The Kier molecular flexibility index (Phi) is 3.02. The zero-order chi connectivity index (χ0) is 13.3. The maximum absolute atomic E-state index is 11.3. The highest BCUT2D eigenvalue weighted by molar-refractivity contribution is 7.86. The summed E-state index contributed by atoms with van der Waals surface area (Å²) in [4.78, 5) is -0.468. The average Bonchev–Trinajstić information content (AvgIpc) is 2.31. The van der Waals surface area contributed by atoms with Gasteiger partial charge in [-0.25, -0.2) is 0 Å². The van der Waals surface area contributed by atoms with Crippen LogP contribution in [0.1, 0.15) is 0 Å². The second-order valence-corrected chi connectivity index (χ2v) is 4.96. The average molecular weight is 266 g/mol. The maximum Gasteiger partial charge on any atom is 0.296 e. The van der Waals surface area contributed by atoms with Crippen molar-refractivity contribution in [3.63, 3.8) is 0 Å². The van der Waals surface area contributed by atoms with Gasteiger partial charge in [-0.1, -0.05) is 24.3 Å². The van der Waals surface area contributed by atoms with Crippen LogP contribution >= 0.6 is 0 Å². The second kappa shape index (κ2) is 4.35. The molecule has 6 nitrogen and oxygen atoms in total. The molecular weight excluding hydrogens is 256 g/mol. The Balaban J connectivity index is 2.97. The van der Waals surface area contributed by atoms with Gasteiger partial charge in [0.25, 0.3) is 10.1 Å². The molecule has 0 atom stereocenters. The highest BCUT2D eigenvalue weighted by atomic mass is 32.2. The molecule has 0 saturated carbocycles. The summed E-state index contributed by atoms with van der Waals surface area (Å²) < 4.78 is 31.7. The summed E-state index contributed by atoms with van der Waals surface area (Å²) in [7, 11) is -3.15. The highest BCUT2D eigenvalue weighted by Gasteiger charge is 2.21. The Labute approximate surface area is 103 Å². The fraction of sp³-hybridized carbons (Fsp3) is 0.0909. The van der Waals surface area contributed by atoms with Crippen molar-refractivity contribution in [2.45, 2.75) is 4.90 Å². The Bertz CT molecular complexity index is 738. The topological polar surface area (TPSA) is 99.3 Å². The van der Waals surface area contributed by atoms with Crippen molar-refractivity contribution in [2.75, 3.05) is 7.05 Å². The van der Waals surface area contributed by atoms with E-state index >= 15 is 0 Å². The van der Waals surface area contributed by atoms with Crippen molar-refractivity contribution in [1.29, 1.82) is 0 Å². The number of nitrogens with zero attached hydrogens (tertiary/aromatic N) is 2. The molecule has 0 bridgehead atoms. The van der Waals surface area contributed by atoms with Crippen LogP contribution in [0.25, 0.3) is 10.8 Å². The summed E-state index contributed by atoms with van der Waals surface area (Å²) in [6.45, 7) is 0. The molecule has 0 aliphatic heterocycles. The van der Waals surface area contributed by atoms with Gasteiger partial charge in [0.2, 0.25) is 0 Å². The molecule has 0 saturated heterocycles. The predicted molar refractivity (Wildman–Crippen MR) is 65.9 cm³/mol. The van der Waals surface area contributed by atoms with Crippen LogP contribution in [0.4, 0.5) is 5.69 Å². The third-order valence-corrected chi connectivity index (χ3v) is 3.31. The van der Waals surface area contributed by atoms with Gasteiger partial charge in [-0.05, 0) is 11.5 Å². The van der Waals surface area contributed by atoms with Gasteiger partial charge < -0.3 is 5.11 Å². The van der Waals surface area contributed by atoms with Gasteiger partial charge in [0.15, 0.2) is 5.75 Å². The zero-order valence-electron chi connectivity index (χ0n) is 9.40. The number of fused-ring (bicyclic) bond motifs is 1. The van der Waals surface area contributed by atoms with Gasteiger partial charge >= 0.3 is 0 Å². The van der Waals surface area contributed by atoms with E-state index < -0.39 is 15.0 Å². The number of phenolic OH excluding ortho intramolecular Hbond substituents is 1. The molecule has 0 fully saturated rings. The number of azo groups is 1. The zero-order valence-corrected chi connectivity index (χ0v) is 10.2.